The highest BCUT2D eigenvalue weighted by Gasteiger charge is 2.36. The van der Waals surface area contributed by atoms with Gasteiger partial charge in [-0.05, 0) is 0 Å². The van der Waals surface area contributed by atoms with E-state index in [4.69, 9.17) is 0 Å². The first-order valence-corrected chi connectivity index (χ1v) is 3.29. The largest absolute Gasteiger partial charge is 0.465 e. The number of rotatable bonds is 1. The molecule has 13 heavy (non-hydrogen) atoms. The van der Waals surface area contributed by atoms with Crippen molar-refractivity contribution in [1.29, 1.82) is 0 Å². The van der Waals surface area contributed by atoms with Gasteiger partial charge in [0.25, 0.3) is 0 Å². The van der Waals surface area contributed by atoms with Gasteiger partial charge in [0, 0.05) is 12.4 Å². The Labute approximate surface area is 71.5 Å². The minimum atomic E-state index is -4.54. The molecular weight excluding hydrogens is 187 g/mol. The Morgan fingerprint density at radius 3 is 2.54 bits per heavy atom. The van der Waals surface area contributed by atoms with Crippen molar-refractivity contribution >= 4 is 5.97 Å². The molecule has 0 unspecified atom stereocenters. The standard InChI is InChI=1S/C7H6F3NO2/c1-13-6(12)4-2-11-3-5(4)7(8,9)10/h2-3,11H,1H3. The Kier molecular flexibility index (Phi) is 2.31. The highest BCUT2D eigenvalue weighted by atomic mass is 19.4. The molecule has 0 radical (unpaired) electrons. The van der Waals surface area contributed by atoms with E-state index in [1.54, 1.807) is 0 Å². The highest BCUT2D eigenvalue weighted by Crippen LogP contribution is 2.31. The van der Waals surface area contributed by atoms with Crippen LogP contribution < -0.4 is 0 Å². The minimum Gasteiger partial charge on any atom is -0.465 e. The van der Waals surface area contributed by atoms with E-state index in [0.717, 1.165) is 13.3 Å². The number of ether oxygens (including phenoxy) is 1. The Hall–Kier alpha value is -1.46. The molecule has 0 aliphatic rings. The molecule has 0 atom stereocenters. The van der Waals surface area contributed by atoms with Gasteiger partial charge in [-0.1, -0.05) is 0 Å². The van der Waals surface area contributed by atoms with Crippen molar-refractivity contribution in [1.82, 2.24) is 4.98 Å². The first kappa shape index (κ1) is 9.63. The zero-order chi connectivity index (χ0) is 10.1. The van der Waals surface area contributed by atoms with Gasteiger partial charge in [0.1, 0.15) is 0 Å². The van der Waals surface area contributed by atoms with Crippen LogP contribution in [0.2, 0.25) is 0 Å². The second-order valence-corrected chi connectivity index (χ2v) is 2.27. The number of hydrogen-bond acceptors (Lipinski definition) is 2. The maximum absolute atomic E-state index is 12.2. The lowest BCUT2D eigenvalue weighted by molar-refractivity contribution is -0.138. The third kappa shape index (κ3) is 1.82. The number of H-pyrrole nitrogens is 1. The average Bonchev–Trinajstić information content (AvgIpc) is 2.49. The quantitative estimate of drug-likeness (QED) is 0.691. The van der Waals surface area contributed by atoms with Crippen LogP contribution in [-0.2, 0) is 10.9 Å². The lowest BCUT2D eigenvalue weighted by Gasteiger charge is -2.05. The Morgan fingerprint density at radius 2 is 2.08 bits per heavy atom. The van der Waals surface area contributed by atoms with Crippen molar-refractivity contribution in [2.75, 3.05) is 7.11 Å². The van der Waals surface area contributed by atoms with E-state index in [0.29, 0.717) is 6.20 Å². The van der Waals surface area contributed by atoms with Crippen molar-refractivity contribution < 1.29 is 22.7 Å². The molecule has 1 N–H and O–H groups in total. The molecule has 0 saturated carbocycles. The van der Waals surface area contributed by atoms with Gasteiger partial charge in [0.05, 0.1) is 18.2 Å². The van der Waals surface area contributed by atoms with E-state index < -0.39 is 23.3 Å². The van der Waals surface area contributed by atoms with Gasteiger partial charge in [-0.25, -0.2) is 4.79 Å². The minimum absolute atomic E-state index is 0.505. The molecule has 1 heterocycles. The fraction of sp³-hybridized carbons (Fsp3) is 0.286. The Morgan fingerprint density at radius 1 is 1.46 bits per heavy atom. The summed E-state index contributed by atoms with van der Waals surface area (Å²) in [4.78, 5) is 13.0. The molecule has 1 aromatic heterocycles. The normalized spacial score (nSPS) is 11.4. The number of aromatic nitrogens is 1. The first-order chi connectivity index (χ1) is 5.96. The second-order valence-electron chi connectivity index (χ2n) is 2.27. The van der Waals surface area contributed by atoms with Gasteiger partial charge in [-0.15, -0.1) is 0 Å². The lowest BCUT2D eigenvalue weighted by Crippen LogP contribution is -2.11. The maximum Gasteiger partial charge on any atom is 0.418 e. The van der Waals surface area contributed by atoms with Crippen LogP contribution in [0.4, 0.5) is 13.2 Å². The van der Waals surface area contributed by atoms with Crippen LogP contribution >= 0.6 is 0 Å². The predicted molar refractivity (Wildman–Crippen MR) is 37.1 cm³/mol. The highest BCUT2D eigenvalue weighted by molar-refractivity contribution is 5.91. The fourth-order valence-corrected chi connectivity index (χ4v) is 0.877. The summed E-state index contributed by atoms with van der Waals surface area (Å²) in [6.45, 7) is 0. The SMILES string of the molecule is COC(=O)c1c[nH]cc1C(F)(F)F. The number of hydrogen-bond donors (Lipinski definition) is 1. The number of carbonyl (C=O) groups excluding carboxylic acids is 1. The van der Waals surface area contributed by atoms with E-state index in [-0.39, 0.29) is 0 Å². The molecule has 6 heteroatoms. The number of methoxy groups -OCH3 is 1. The van der Waals surface area contributed by atoms with E-state index >= 15 is 0 Å². The Bertz CT molecular complexity index is 316. The number of carbonyl (C=O) groups is 1. The van der Waals surface area contributed by atoms with Gasteiger partial charge in [0.15, 0.2) is 0 Å². The lowest BCUT2D eigenvalue weighted by atomic mass is 10.2. The summed E-state index contributed by atoms with van der Waals surface area (Å²) in [5.41, 5.74) is -1.52. The van der Waals surface area contributed by atoms with E-state index in [2.05, 4.69) is 9.72 Å². The van der Waals surface area contributed by atoms with Crippen molar-refractivity contribution in [3.63, 3.8) is 0 Å². The number of halogens is 3. The van der Waals surface area contributed by atoms with Gasteiger partial charge in [-0.2, -0.15) is 13.2 Å². The van der Waals surface area contributed by atoms with Gasteiger partial charge in [-0.3, -0.25) is 0 Å². The predicted octanol–water partition coefficient (Wildman–Crippen LogP) is 1.82. The number of esters is 1. The molecule has 1 aromatic rings. The zero-order valence-corrected chi connectivity index (χ0v) is 6.61. The van der Waals surface area contributed by atoms with Crippen molar-refractivity contribution in [2.24, 2.45) is 0 Å². The third-order valence-electron chi connectivity index (χ3n) is 1.46. The number of aromatic amines is 1. The summed E-state index contributed by atoms with van der Waals surface area (Å²) >= 11 is 0. The smallest absolute Gasteiger partial charge is 0.418 e. The first-order valence-electron chi connectivity index (χ1n) is 3.29. The van der Waals surface area contributed by atoms with E-state index in [9.17, 15) is 18.0 Å². The number of nitrogens with one attached hydrogen (secondary N) is 1. The summed E-state index contributed by atoms with van der Waals surface area (Å²) < 4.78 is 40.6. The van der Waals surface area contributed by atoms with Crippen LogP contribution in [0.1, 0.15) is 15.9 Å². The summed E-state index contributed by atoms with van der Waals surface area (Å²) in [7, 11) is 1.02. The van der Waals surface area contributed by atoms with Crippen molar-refractivity contribution in [3.8, 4) is 0 Å². The molecule has 0 aromatic carbocycles. The van der Waals surface area contributed by atoms with Gasteiger partial charge in [0.2, 0.25) is 0 Å². The molecule has 1 rings (SSSR count). The van der Waals surface area contributed by atoms with Crippen LogP contribution in [0.3, 0.4) is 0 Å². The average molecular weight is 193 g/mol. The monoisotopic (exact) mass is 193 g/mol. The van der Waals surface area contributed by atoms with Crippen LogP contribution in [0.25, 0.3) is 0 Å². The Balaban J connectivity index is 3.10. The molecule has 0 aliphatic carbocycles. The van der Waals surface area contributed by atoms with Crippen LogP contribution in [0, 0.1) is 0 Å². The fourth-order valence-electron chi connectivity index (χ4n) is 0.877. The molecule has 0 bridgehead atoms. The summed E-state index contributed by atoms with van der Waals surface area (Å²) in [5, 5.41) is 0. The van der Waals surface area contributed by atoms with Crippen LogP contribution in [-0.4, -0.2) is 18.1 Å². The van der Waals surface area contributed by atoms with Crippen molar-refractivity contribution in [3.05, 3.63) is 23.5 Å². The van der Waals surface area contributed by atoms with E-state index in [1.165, 1.54) is 0 Å². The molecule has 0 amide bonds. The topological polar surface area (TPSA) is 42.1 Å². The zero-order valence-electron chi connectivity index (χ0n) is 6.61. The third-order valence-corrected chi connectivity index (χ3v) is 1.46. The van der Waals surface area contributed by atoms with Gasteiger partial charge >= 0.3 is 12.1 Å². The van der Waals surface area contributed by atoms with Crippen molar-refractivity contribution in [2.45, 2.75) is 6.18 Å². The molecule has 0 saturated heterocycles. The second kappa shape index (κ2) is 3.12. The molecule has 0 aliphatic heterocycles. The molecule has 0 fully saturated rings. The van der Waals surface area contributed by atoms with Gasteiger partial charge < -0.3 is 9.72 Å². The summed E-state index contributed by atoms with van der Waals surface area (Å²) in [5.74, 6) is -1.01. The van der Waals surface area contributed by atoms with Crippen LogP contribution in [0.15, 0.2) is 12.4 Å². The molecular formula is C7H6F3NO2. The summed E-state index contributed by atoms with van der Waals surface area (Å²) in [6.07, 6.45) is -2.87. The summed E-state index contributed by atoms with van der Waals surface area (Å²) in [6, 6.07) is 0. The number of alkyl halides is 3. The molecule has 0 spiro atoms. The van der Waals surface area contributed by atoms with E-state index in [1.807, 2.05) is 0 Å². The molecule has 3 nitrogen and oxygen atoms in total. The van der Waals surface area contributed by atoms with Crippen LogP contribution in [0.5, 0.6) is 0 Å². The molecule has 72 valence electrons. The maximum atomic E-state index is 12.2.